The van der Waals surface area contributed by atoms with Gasteiger partial charge in [-0.05, 0) is 18.9 Å². The fourth-order valence-corrected chi connectivity index (χ4v) is 3.64. The average molecular weight is 377 g/mol. The molecule has 0 unspecified atom stereocenters. The van der Waals surface area contributed by atoms with E-state index < -0.39 is 0 Å². The van der Waals surface area contributed by atoms with Gasteiger partial charge in [0.15, 0.2) is 0 Å². The third-order valence-corrected chi connectivity index (χ3v) is 5.52. The molecule has 1 aromatic heterocycles. The molecule has 7 heteroatoms. The summed E-state index contributed by atoms with van der Waals surface area (Å²) >= 11 is 0. The van der Waals surface area contributed by atoms with Crippen LogP contribution in [-0.2, 0) is 21.5 Å². The standard InChI is InChI=1S/C20H32N4O3/c1-20(2,3)17-4-5-18(25)24(21-17)13-10-22-8-11-23(12-9-22)19(26)16-6-14-27-15-7-16/h4-5,16H,6-15H2,1-3H3. The van der Waals surface area contributed by atoms with Crippen LogP contribution in [0.5, 0.6) is 0 Å². The highest BCUT2D eigenvalue weighted by atomic mass is 16.5. The van der Waals surface area contributed by atoms with Gasteiger partial charge in [0.2, 0.25) is 5.91 Å². The number of amides is 1. The highest BCUT2D eigenvalue weighted by Crippen LogP contribution is 2.19. The Bertz CT molecular complexity index is 696. The highest BCUT2D eigenvalue weighted by molar-refractivity contribution is 5.79. The minimum absolute atomic E-state index is 0.0590. The van der Waals surface area contributed by atoms with Crippen LogP contribution in [0.25, 0.3) is 0 Å². The van der Waals surface area contributed by atoms with Crippen molar-refractivity contribution in [2.75, 3.05) is 45.9 Å². The predicted molar refractivity (Wildman–Crippen MR) is 104 cm³/mol. The molecule has 1 aromatic rings. The Morgan fingerprint density at radius 1 is 1.11 bits per heavy atom. The number of carbonyl (C=O) groups excluding carboxylic acids is 1. The Morgan fingerprint density at radius 3 is 2.41 bits per heavy atom. The van der Waals surface area contributed by atoms with E-state index in [2.05, 4.69) is 30.8 Å². The second-order valence-electron chi connectivity index (χ2n) is 8.58. The molecule has 2 aliphatic heterocycles. The van der Waals surface area contributed by atoms with Gasteiger partial charge in [-0.2, -0.15) is 5.10 Å². The molecule has 3 heterocycles. The van der Waals surface area contributed by atoms with Gasteiger partial charge in [-0.15, -0.1) is 0 Å². The SMILES string of the molecule is CC(C)(C)c1ccc(=O)n(CCN2CCN(C(=O)C3CCOCC3)CC2)n1. The Kier molecular flexibility index (Phi) is 6.32. The Morgan fingerprint density at radius 2 is 1.78 bits per heavy atom. The molecule has 7 nitrogen and oxygen atoms in total. The maximum atomic E-state index is 12.6. The summed E-state index contributed by atoms with van der Waals surface area (Å²) in [6.45, 7) is 12.3. The lowest BCUT2D eigenvalue weighted by Gasteiger charge is -2.37. The lowest BCUT2D eigenvalue weighted by molar-refractivity contribution is -0.140. The van der Waals surface area contributed by atoms with E-state index >= 15 is 0 Å². The first-order valence-electron chi connectivity index (χ1n) is 10.0. The van der Waals surface area contributed by atoms with Crippen LogP contribution in [0, 0.1) is 5.92 Å². The van der Waals surface area contributed by atoms with Crippen molar-refractivity contribution in [1.29, 1.82) is 0 Å². The molecule has 0 atom stereocenters. The van der Waals surface area contributed by atoms with Gasteiger partial charge in [-0.25, -0.2) is 4.68 Å². The van der Waals surface area contributed by atoms with E-state index in [9.17, 15) is 9.59 Å². The average Bonchev–Trinajstić information content (AvgIpc) is 2.67. The summed E-state index contributed by atoms with van der Waals surface area (Å²) in [5.41, 5.74) is 0.788. The van der Waals surface area contributed by atoms with E-state index in [0.717, 1.165) is 51.3 Å². The van der Waals surface area contributed by atoms with E-state index in [-0.39, 0.29) is 22.8 Å². The molecule has 2 aliphatic rings. The monoisotopic (exact) mass is 376 g/mol. The summed E-state index contributed by atoms with van der Waals surface area (Å²) in [6.07, 6.45) is 1.69. The van der Waals surface area contributed by atoms with Crippen LogP contribution in [0.1, 0.15) is 39.3 Å². The summed E-state index contributed by atoms with van der Waals surface area (Å²) in [5, 5.41) is 4.53. The summed E-state index contributed by atoms with van der Waals surface area (Å²) in [6, 6.07) is 3.43. The van der Waals surface area contributed by atoms with Crippen LogP contribution in [0.3, 0.4) is 0 Å². The molecule has 0 saturated carbocycles. The number of ether oxygens (including phenoxy) is 1. The number of aromatic nitrogens is 2. The van der Waals surface area contributed by atoms with Crippen molar-refractivity contribution in [3.05, 3.63) is 28.2 Å². The second kappa shape index (κ2) is 8.52. The van der Waals surface area contributed by atoms with E-state index in [4.69, 9.17) is 4.74 Å². The van der Waals surface area contributed by atoms with Crippen molar-refractivity contribution in [3.63, 3.8) is 0 Å². The van der Waals surface area contributed by atoms with Gasteiger partial charge in [-0.3, -0.25) is 14.5 Å². The Hall–Kier alpha value is -1.73. The largest absolute Gasteiger partial charge is 0.381 e. The molecule has 2 saturated heterocycles. The van der Waals surface area contributed by atoms with E-state index in [1.165, 1.54) is 0 Å². The maximum absolute atomic E-state index is 12.6. The summed E-state index contributed by atoms with van der Waals surface area (Å²) in [4.78, 5) is 29.0. The zero-order valence-corrected chi connectivity index (χ0v) is 16.8. The lowest BCUT2D eigenvalue weighted by atomic mass is 9.92. The molecule has 0 radical (unpaired) electrons. The molecular formula is C20H32N4O3. The highest BCUT2D eigenvalue weighted by Gasteiger charge is 2.28. The van der Waals surface area contributed by atoms with Gasteiger partial charge in [0.05, 0.1) is 12.2 Å². The van der Waals surface area contributed by atoms with Crippen LogP contribution in [0.2, 0.25) is 0 Å². The molecule has 0 bridgehead atoms. The van der Waals surface area contributed by atoms with E-state index in [0.29, 0.717) is 19.8 Å². The summed E-state index contributed by atoms with van der Waals surface area (Å²) in [5.74, 6) is 0.418. The quantitative estimate of drug-likeness (QED) is 0.788. The molecule has 0 N–H and O–H groups in total. The Balaban J connectivity index is 1.50. The van der Waals surface area contributed by atoms with Crippen molar-refractivity contribution in [2.24, 2.45) is 5.92 Å². The van der Waals surface area contributed by atoms with Crippen LogP contribution in [-0.4, -0.2) is 71.4 Å². The molecule has 27 heavy (non-hydrogen) atoms. The van der Waals surface area contributed by atoms with Crippen molar-refractivity contribution >= 4 is 5.91 Å². The molecule has 0 aliphatic carbocycles. The summed E-state index contributed by atoms with van der Waals surface area (Å²) < 4.78 is 6.92. The van der Waals surface area contributed by atoms with Gasteiger partial charge < -0.3 is 9.64 Å². The number of carbonyl (C=O) groups is 1. The van der Waals surface area contributed by atoms with E-state index in [1.54, 1.807) is 10.7 Å². The minimum Gasteiger partial charge on any atom is -0.381 e. The first kappa shape index (κ1) is 20.0. The molecule has 3 rings (SSSR count). The number of piperazine rings is 1. The zero-order chi connectivity index (χ0) is 19.4. The van der Waals surface area contributed by atoms with Crippen LogP contribution in [0.15, 0.2) is 16.9 Å². The van der Waals surface area contributed by atoms with Crippen LogP contribution >= 0.6 is 0 Å². The van der Waals surface area contributed by atoms with Crippen LogP contribution < -0.4 is 5.56 Å². The van der Waals surface area contributed by atoms with Gasteiger partial charge in [-0.1, -0.05) is 20.8 Å². The van der Waals surface area contributed by atoms with Crippen molar-refractivity contribution < 1.29 is 9.53 Å². The van der Waals surface area contributed by atoms with Crippen LogP contribution in [0.4, 0.5) is 0 Å². The normalized spacial score (nSPS) is 20.0. The van der Waals surface area contributed by atoms with Crippen molar-refractivity contribution in [2.45, 2.75) is 45.6 Å². The fraction of sp³-hybridized carbons (Fsp3) is 0.750. The second-order valence-corrected chi connectivity index (χ2v) is 8.58. The minimum atomic E-state index is -0.0778. The molecule has 0 spiro atoms. The number of hydrogen-bond acceptors (Lipinski definition) is 5. The molecule has 150 valence electrons. The number of nitrogens with zero attached hydrogens (tertiary/aromatic N) is 4. The van der Waals surface area contributed by atoms with Gasteiger partial charge >= 0.3 is 0 Å². The molecule has 1 amide bonds. The fourth-order valence-electron chi connectivity index (χ4n) is 3.64. The topological polar surface area (TPSA) is 67.7 Å². The Labute approximate surface area is 161 Å². The number of hydrogen-bond donors (Lipinski definition) is 0. The maximum Gasteiger partial charge on any atom is 0.266 e. The smallest absolute Gasteiger partial charge is 0.266 e. The van der Waals surface area contributed by atoms with Crippen molar-refractivity contribution in [1.82, 2.24) is 19.6 Å². The molecule has 0 aromatic carbocycles. The third-order valence-electron chi connectivity index (χ3n) is 5.52. The van der Waals surface area contributed by atoms with Gasteiger partial charge in [0.1, 0.15) is 0 Å². The van der Waals surface area contributed by atoms with Gasteiger partial charge in [0, 0.05) is 63.3 Å². The first-order valence-corrected chi connectivity index (χ1v) is 10.0. The zero-order valence-electron chi connectivity index (χ0n) is 16.8. The number of rotatable bonds is 4. The molecule has 2 fully saturated rings. The van der Waals surface area contributed by atoms with E-state index in [1.807, 2.05) is 11.0 Å². The lowest BCUT2D eigenvalue weighted by Crippen LogP contribution is -2.51. The third kappa shape index (κ3) is 5.17. The first-order chi connectivity index (χ1) is 12.8. The van der Waals surface area contributed by atoms with Crippen molar-refractivity contribution in [3.8, 4) is 0 Å². The van der Waals surface area contributed by atoms with Gasteiger partial charge in [0.25, 0.3) is 5.56 Å². The summed E-state index contributed by atoms with van der Waals surface area (Å²) in [7, 11) is 0. The molecular weight excluding hydrogens is 344 g/mol. The predicted octanol–water partition coefficient (Wildman–Crippen LogP) is 1.11.